The highest BCUT2D eigenvalue weighted by atomic mass is 32.2. The lowest BCUT2D eigenvalue weighted by Gasteiger charge is -2.15. The number of nitrogens with one attached hydrogen (secondary N) is 1. The zero-order chi connectivity index (χ0) is 24.4. The van der Waals surface area contributed by atoms with E-state index in [0.717, 1.165) is 43.5 Å². The Morgan fingerprint density at radius 2 is 1.97 bits per heavy atom. The summed E-state index contributed by atoms with van der Waals surface area (Å²) >= 11 is 0. The summed E-state index contributed by atoms with van der Waals surface area (Å²) in [4.78, 5) is 10.9. The molecule has 2 aromatic carbocycles. The van der Waals surface area contributed by atoms with Crippen molar-refractivity contribution >= 4 is 27.5 Å². The third kappa shape index (κ3) is 5.36. The van der Waals surface area contributed by atoms with E-state index in [4.69, 9.17) is 4.74 Å². The van der Waals surface area contributed by atoms with E-state index in [1.807, 2.05) is 19.1 Å². The van der Waals surface area contributed by atoms with Crippen LogP contribution in [-0.2, 0) is 16.3 Å². The van der Waals surface area contributed by atoms with Crippen molar-refractivity contribution in [2.24, 2.45) is 0 Å². The van der Waals surface area contributed by atoms with Crippen LogP contribution >= 0.6 is 0 Å². The van der Waals surface area contributed by atoms with Crippen LogP contribution in [0.1, 0.15) is 30.9 Å². The molecule has 9 heteroatoms. The van der Waals surface area contributed by atoms with Crippen molar-refractivity contribution in [1.82, 2.24) is 14.9 Å². The highest BCUT2D eigenvalue weighted by Gasteiger charge is 2.20. The number of ether oxygens (including phenoxy) is 1. The Balaban J connectivity index is 1.29. The Morgan fingerprint density at radius 1 is 1.14 bits per heavy atom. The fourth-order valence-electron chi connectivity index (χ4n) is 4.44. The second-order valence-electron chi connectivity index (χ2n) is 8.96. The fraction of sp³-hybridized carbons (Fsp3) is 0.308. The van der Waals surface area contributed by atoms with Gasteiger partial charge in [-0.05, 0) is 69.1 Å². The van der Waals surface area contributed by atoms with Gasteiger partial charge in [-0.2, -0.15) is 4.98 Å². The van der Waals surface area contributed by atoms with Gasteiger partial charge < -0.3 is 15.0 Å². The van der Waals surface area contributed by atoms with Gasteiger partial charge in [0.1, 0.15) is 0 Å². The molecule has 0 atom stereocenters. The molecule has 1 aliphatic carbocycles. The Hall–Kier alpha value is -3.30. The molecular weight excluding hydrogens is 467 g/mol. The van der Waals surface area contributed by atoms with Gasteiger partial charge in [-0.1, -0.05) is 23.8 Å². The molecule has 1 aliphatic heterocycles. The van der Waals surface area contributed by atoms with Crippen LogP contribution in [-0.4, -0.2) is 48.7 Å². The molecule has 0 unspecified atom stereocenters. The van der Waals surface area contributed by atoms with Crippen molar-refractivity contribution in [3.8, 4) is 11.6 Å². The Kier molecular flexibility index (Phi) is 6.53. The maximum atomic E-state index is 14.9. The number of likely N-dealkylation sites (tertiary alicyclic amines) is 1. The summed E-state index contributed by atoms with van der Waals surface area (Å²) in [5.74, 6) is 0.141. The number of hydrogen-bond acceptors (Lipinski definition) is 7. The first-order valence-electron chi connectivity index (χ1n) is 11.7. The van der Waals surface area contributed by atoms with Crippen LogP contribution in [0.25, 0.3) is 6.08 Å². The van der Waals surface area contributed by atoms with Gasteiger partial charge in [-0.3, -0.25) is 0 Å². The normalized spacial score (nSPS) is 15.7. The number of benzene rings is 2. The van der Waals surface area contributed by atoms with Crippen molar-refractivity contribution in [1.29, 1.82) is 0 Å². The molecule has 0 saturated carbocycles. The first-order valence-corrected chi connectivity index (χ1v) is 13.3. The molecule has 2 aliphatic rings. The minimum atomic E-state index is -3.42. The molecule has 1 fully saturated rings. The fourth-order valence-corrected chi connectivity index (χ4v) is 5.77. The molecule has 3 aromatic rings. The average Bonchev–Trinajstić information content (AvgIpc) is 3.50. The summed E-state index contributed by atoms with van der Waals surface area (Å²) in [5.41, 5.74) is 3.13. The number of sulfone groups is 1. The highest BCUT2D eigenvalue weighted by Crippen LogP contribution is 2.34. The third-order valence-electron chi connectivity index (χ3n) is 6.26. The number of nitrogens with zero attached hydrogens (tertiary/aromatic N) is 3. The molecule has 5 rings (SSSR count). The van der Waals surface area contributed by atoms with E-state index in [2.05, 4.69) is 20.2 Å². The molecular formula is C26H27FN4O3S. The maximum Gasteiger partial charge on any atom is 0.230 e. The van der Waals surface area contributed by atoms with E-state index in [9.17, 15) is 12.8 Å². The molecule has 35 heavy (non-hydrogen) atoms. The van der Waals surface area contributed by atoms with E-state index in [1.54, 1.807) is 30.3 Å². The number of halogens is 1. The Labute approximate surface area is 204 Å². The molecule has 2 heterocycles. The zero-order valence-electron chi connectivity index (χ0n) is 19.5. The lowest BCUT2D eigenvalue weighted by Crippen LogP contribution is -2.26. The van der Waals surface area contributed by atoms with E-state index >= 15 is 0 Å². The number of aromatic nitrogens is 2. The molecule has 1 aromatic heterocycles. The second kappa shape index (κ2) is 9.75. The lowest BCUT2D eigenvalue weighted by molar-refractivity contribution is 0.359. The van der Waals surface area contributed by atoms with Crippen molar-refractivity contribution in [3.05, 3.63) is 71.2 Å². The topological polar surface area (TPSA) is 84.4 Å². The summed E-state index contributed by atoms with van der Waals surface area (Å²) in [5, 5.41) is 3.02. The van der Waals surface area contributed by atoms with Crippen molar-refractivity contribution in [2.45, 2.75) is 31.1 Å². The Morgan fingerprint density at radius 3 is 2.80 bits per heavy atom. The summed E-state index contributed by atoms with van der Waals surface area (Å²) in [7, 11) is -3.42. The summed E-state index contributed by atoms with van der Waals surface area (Å²) in [6.07, 6.45) is 6.31. The van der Waals surface area contributed by atoms with Crippen LogP contribution in [0.5, 0.6) is 11.6 Å². The average molecular weight is 495 g/mol. The smallest absolute Gasteiger partial charge is 0.230 e. The monoisotopic (exact) mass is 494 g/mol. The van der Waals surface area contributed by atoms with E-state index in [1.165, 1.54) is 12.3 Å². The molecule has 0 spiro atoms. The number of hydrogen-bond donors (Lipinski definition) is 1. The minimum Gasteiger partial charge on any atom is -0.436 e. The zero-order valence-corrected chi connectivity index (χ0v) is 20.3. The standard InChI is InChI=1S/C26H27FN4O3S/c1-18-15-19-7-8-23(25(27)22(19)16-18)34-24-9-10-28-26(30-24)29-20-5-4-6-21(17-20)35(32,33)14-13-31-11-2-3-12-31/h4-10,16-17H,2-3,11-15H2,1H3,(H,28,29,30). The molecule has 0 radical (unpaired) electrons. The largest absolute Gasteiger partial charge is 0.436 e. The summed E-state index contributed by atoms with van der Waals surface area (Å²) in [6.45, 7) is 4.42. The first kappa shape index (κ1) is 23.4. The van der Waals surface area contributed by atoms with E-state index in [-0.39, 0.29) is 28.2 Å². The predicted molar refractivity (Wildman–Crippen MR) is 133 cm³/mol. The number of rotatable bonds is 8. The van der Waals surface area contributed by atoms with Gasteiger partial charge in [-0.25, -0.2) is 17.8 Å². The van der Waals surface area contributed by atoms with E-state index < -0.39 is 15.7 Å². The van der Waals surface area contributed by atoms with Crippen molar-refractivity contribution in [3.63, 3.8) is 0 Å². The number of anilines is 2. The molecule has 182 valence electrons. The van der Waals surface area contributed by atoms with Crippen molar-refractivity contribution in [2.75, 3.05) is 30.7 Å². The molecule has 1 saturated heterocycles. The van der Waals surface area contributed by atoms with Gasteiger partial charge in [0.05, 0.1) is 10.6 Å². The van der Waals surface area contributed by atoms with Crippen molar-refractivity contribution < 1.29 is 17.5 Å². The van der Waals surface area contributed by atoms with Gasteiger partial charge in [0.15, 0.2) is 21.4 Å². The Bertz CT molecular complexity index is 1390. The quantitative estimate of drug-likeness (QED) is 0.473. The van der Waals surface area contributed by atoms with Gasteiger partial charge in [0, 0.05) is 30.1 Å². The molecule has 7 nitrogen and oxygen atoms in total. The molecule has 1 N–H and O–H groups in total. The third-order valence-corrected chi connectivity index (χ3v) is 7.96. The first-order chi connectivity index (χ1) is 16.9. The minimum absolute atomic E-state index is 0.0807. The number of fused-ring (bicyclic) bond motifs is 1. The van der Waals surface area contributed by atoms with Crippen LogP contribution in [0.3, 0.4) is 0 Å². The van der Waals surface area contributed by atoms with Crippen LogP contribution in [0.15, 0.2) is 59.1 Å². The molecule has 0 amide bonds. The highest BCUT2D eigenvalue weighted by molar-refractivity contribution is 7.91. The second-order valence-corrected chi connectivity index (χ2v) is 11.1. The van der Waals surface area contributed by atoms with Gasteiger partial charge in [0.2, 0.25) is 11.8 Å². The van der Waals surface area contributed by atoms with Crippen LogP contribution in [0.4, 0.5) is 16.0 Å². The summed E-state index contributed by atoms with van der Waals surface area (Å²) in [6, 6.07) is 11.6. The van der Waals surface area contributed by atoms with Gasteiger partial charge in [-0.15, -0.1) is 0 Å². The number of allylic oxidation sites excluding steroid dienone is 1. The van der Waals surface area contributed by atoms with Gasteiger partial charge >= 0.3 is 0 Å². The van der Waals surface area contributed by atoms with Crippen LogP contribution in [0.2, 0.25) is 0 Å². The summed E-state index contributed by atoms with van der Waals surface area (Å²) < 4.78 is 46.3. The van der Waals surface area contributed by atoms with Crippen LogP contribution < -0.4 is 10.1 Å². The SMILES string of the molecule is CC1=Cc2c(ccc(Oc3ccnc(Nc4cccc(S(=O)(=O)CCN5CCCC5)c4)n3)c2F)C1. The maximum absolute atomic E-state index is 14.9. The lowest BCUT2D eigenvalue weighted by atomic mass is 10.1. The molecule has 0 bridgehead atoms. The van der Waals surface area contributed by atoms with Crippen LogP contribution in [0, 0.1) is 5.82 Å². The predicted octanol–water partition coefficient (Wildman–Crippen LogP) is 4.98. The van der Waals surface area contributed by atoms with Gasteiger partial charge in [0.25, 0.3) is 0 Å². The van der Waals surface area contributed by atoms with E-state index in [0.29, 0.717) is 17.8 Å².